The molecule has 0 bridgehead atoms. The van der Waals surface area contributed by atoms with Crippen LogP contribution in [0.4, 0.5) is 11.4 Å². The lowest BCUT2D eigenvalue weighted by atomic mass is 10.2. The molecule has 0 saturated heterocycles. The van der Waals surface area contributed by atoms with Crippen LogP contribution in [0.1, 0.15) is 18.7 Å². The van der Waals surface area contributed by atoms with E-state index in [4.69, 9.17) is 0 Å². The third-order valence-corrected chi connectivity index (χ3v) is 4.07. The zero-order valence-electron chi connectivity index (χ0n) is 15.9. The van der Waals surface area contributed by atoms with Gasteiger partial charge in [-0.25, -0.2) is 0 Å². The molecule has 2 rings (SSSR count). The Hall–Kier alpha value is -3.13. The van der Waals surface area contributed by atoms with Crippen LogP contribution in [0.5, 0.6) is 0 Å². The maximum Gasteiger partial charge on any atom is 0.313 e. The van der Waals surface area contributed by atoms with Gasteiger partial charge in [0.25, 0.3) is 0 Å². The highest BCUT2D eigenvalue weighted by Crippen LogP contribution is 2.17. The van der Waals surface area contributed by atoms with Gasteiger partial charge in [0.1, 0.15) is 0 Å². The van der Waals surface area contributed by atoms with Crippen molar-refractivity contribution in [3.63, 3.8) is 0 Å². The number of aromatic nitrogens is 1. The van der Waals surface area contributed by atoms with Gasteiger partial charge in [0, 0.05) is 43.8 Å². The third-order valence-electron chi connectivity index (χ3n) is 4.07. The number of hydrogen-bond acceptors (Lipinski definition) is 4. The summed E-state index contributed by atoms with van der Waals surface area (Å²) >= 11 is 0. The van der Waals surface area contributed by atoms with Crippen molar-refractivity contribution in [2.75, 3.05) is 31.3 Å². The molecule has 0 aliphatic heterocycles. The summed E-state index contributed by atoms with van der Waals surface area (Å²) in [4.78, 5) is 37.2. The molecule has 1 atom stereocenters. The van der Waals surface area contributed by atoms with Crippen LogP contribution in [0.25, 0.3) is 0 Å². The van der Waals surface area contributed by atoms with E-state index in [1.54, 1.807) is 24.3 Å². The fourth-order valence-corrected chi connectivity index (χ4v) is 2.67. The van der Waals surface area contributed by atoms with E-state index in [1.165, 1.54) is 6.92 Å². The van der Waals surface area contributed by atoms with Gasteiger partial charge in [-0.1, -0.05) is 0 Å². The number of anilines is 2. The number of hydrogen-bond donors (Lipinski definition) is 3. The molecule has 0 aliphatic carbocycles. The summed E-state index contributed by atoms with van der Waals surface area (Å²) in [6, 6.07) is 10.4. The van der Waals surface area contributed by atoms with Crippen molar-refractivity contribution >= 4 is 29.1 Å². The number of carbonyl (C=O) groups is 3. The van der Waals surface area contributed by atoms with Crippen LogP contribution in [0.3, 0.4) is 0 Å². The molecule has 2 aromatic rings. The van der Waals surface area contributed by atoms with Crippen LogP contribution in [0.15, 0.2) is 42.6 Å². The Morgan fingerprint density at radius 2 is 1.59 bits per heavy atom. The number of benzene rings is 1. The molecule has 3 N–H and O–H groups in total. The standard InChI is InChI=1S/C19H25N5O3/c1-13(25)21-14-7-9-15(10-8-14)22-19(27)18(26)20-12-17(23(2)3)16-6-5-11-24(16)4/h5-11,17H,12H2,1-4H3,(H,20,26)(H,21,25)(H,22,27). The molecule has 3 amide bonds. The predicted molar refractivity (Wildman–Crippen MR) is 104 cm³/mol. The molecule has 1 heterocycles. The second-order valence-electron chi connectivity index (χ2n) is 6.45. The highest BCUT2D eigenvalue weighted by Gasteiger charge is 2.20. The smallest absolute Gasteiger partial charge is 0.313 e. The normalized spacial score (nSPS) is 11.7. The minimum atomic E-state index is -0.744. The van der Waals surface area contributed by atoms with E-state index in [9.17, 15) is 14.4 Å². The van der Waals surface area contributed by atoms with Crippen molar-refractivity contribution < 1.29 is 14.4 Å². The summed E-state index contributed by atoms with van der Waals surface area (Å²) in [6.45, 7) is 1.72. The Morgan fingerprint density at radius 1 is 1.00 bits per heavy atom. The van der Waals surface area contributed by atoms with E-state index >= 15 is 0 Å². The van der Waals surface area contributed by atoms with Crippen LogP contribution in [0, 0.1) is 0 Å². The average Bonchev–Trinajstić information content (AvgIpc) is 3.01. The molecule has 0 aliphatic rings. The fourth-order valence-electron chi connectivity index (χ4n) is 2.67. The van der Waals surface area contributed by atoms with Crippen LogP contribution in [-0.4, -0.2) is 47.8 Å². The van der Waals surface area contributed by atoms with Gasteiger partial charge in [-0.3, -0.25) is 19.3 Å². The van der Waals surface area contributed by atoms with Crippen molar-refractivity contribution in [3.8, 4) is 0 Å². The molecular weight excluding hydrogens is 346 g/mol. The van der Waals surface area contributed by atoms with Gasteiger partial charge < -0.3 is 20.5 Å². The summed E-state index contributed by atoms with van der Waals surface area (Å²) in [5.74, 6) is -1.63. The number of likely N-dealkylation sites (N-methyl/N-ethyl adjacent to an activating group) is 1. The quantitative estimate of drug-likeness (QED) is 0.668. The molecule has 8 nitrogen and oxygen atoms in total. The van der Waals surface area contributed by atoms with Crippen molar-refractivity contribution in [3.05, 3.63) is 48.3 Å². The van der Waals surface area contributed by atoms with Gasteiger partial charge in [0.05, 0.1) is 6.04 Å². The van der Waals surface area contributed by atoms with Gasteiger partial charge in [0.2, 0.25) is 5.91 Å². The highest BCUT2D eigenvalue weighted by molar-refractivity contribution is 6.39. The molecule has 1 unspecified atom stereocenters. The molecule has 0 radical (unpaired) electrons. The molecule has 1 aromatic carbocycles. The van der Waals surface area contributed by atoms with Crippen molar-refractivity contribution in [1.29, 1.82) is 0 Å². The first-order valence-corrected chi connectivity index (χ1v) is 8.52. The molecule has 144 valence electrons. The maximum absolute atomic E-state index is 12.1. The molecule has 8 heteroatoms. The average molecular weight is 371 g/mol. The summed E-state index contributed by atoms with van der Waals surface area (Å²) in [6.07, 6.45) is 1.94. The molecular formula is C19H25N5O3. The summed E-state index contributed by atoms with van der Waals surface area (Å²) < 4.78 is 1.98. The minimum Gasteiger partial charge on any atom is -0.353 e. The lowest BCUT2D eigenvalue weighted by Crippen LogP contribution is -2.40. The van der Waals surface area contributed by atoms with Crippen molar-refractivity contribution in [2.24, 2.45) is 7.05 Å². The van der Waals surface area contributed by atoms with Crippen molar-refractivity contribution in [2.45, 2.75) is 13.0 Å². The number of rotatable bonds is 6. The Labute approximate surface area is 158 Å². The van der Waals surface area contributed by atoms with E-state index in [0.29, 0.717) is 17.9 Å². The maximum atomic E-state index is 12.1. The number of amides is 3. The van der Waals surface area contributed by atoms with E-state index in [-0.39, 0.29) is 11.9 Å². The van der Waals surface area contributed by atoms with Crippen LogP contribution in [-0.2, 0) is 21.4 Å². The molecule has 0 saturated carbocycles. The molecule has 27 heavy (non-hydrogen) atoms. The van der Waals surface area contributed by atoms with Gasteiger partial charge in [-0.2, -0.15) is 0 Å². The number of nitrogens with one attached hydrogen (secondary N) is 3. The Morgan fingerprint density at radius 3 is 2.07 bits per heavy atom. The largest absolute Gasteiger partial charge is 0.353 e. The summed E-state index contributed by atoms with van der Waals surface area (Å²) in [5, 5.41) is 7.84. The molecule has 0 spiro atoms. The van der Waals surface area contributed by atoms with E-state index in [2.05, 4.69) is 16.0 Å². The number of nitrogens with zero attached hydrogens (tertiary/aromatic N) is 2. The predicted octanol–water partition coefficient (Wildman–Crippen LogP) is 1.34. The van der Waals surface area contributed by atoms with E-state index in [1.807, 2.05) is 48.9 Å². The van der Waals surface area contributed by atoms with E-state index in [0.717, 1.165) is 5.69 Å². The van der Waals surface area contributed by atoms with Gasteiger partial charge in [-0.05, 0) is 50.5 Å². The number of aryl methyl sites for hydroxylation is 1. The molecule has 0 fully saturated rings. The van der Waals surface area contributed by atoms with Crippen molar-refractivity contribution in [1.82, 2.24) is 14.8 Å². The first-order chi connectivity index (χ1) is 12.8. The van der Waals surface area contributed by atoms with Crippen LogP contribution >= 0.6 is 0 Å². The van der Waals surface area contributed by atoms with E-state index < -0.39 is 11.8 Å². The Balaban J connectivity index is 1.92. The van der Waals surface area contributed by atoms with Crippen LogP contribution in [0.2, 0.25) is 0 Å². The SMILES string of the molecule is CC(=O)Nc1ccc(NC(=O)C(=O)NCC(c2cccn2C)N(C)C)cc1. The zero-order valence-corrected chi connectivity index (χ0v) is 15.9. The second kappa shape index (κ2) is 9.00. The first kappa shape index (κ1) is 20.2. The van der Waals surface area contributed by atoms with Gasteiger partial charge in [-0.15, -0.1) is 0 Å². The van der Waals surface area contributed by atoms with Crippen LogP contribution < -0.4 is 16.0 Å². The highest BCUT2D eigenvalue weighted by atomic mass is 16.2. The first-order valence-electron chi connectivity index (χ1n) is 8.52. The zero-order chi connectivity index (χ0) is 20.0. The summed E-state index contributed by atoms with van der Waals surface area (Å²) in [5.41, 5.74) is 2.12. The summed E-state index contributed by atoms with van der Waals surface area (Å²) in [7, 11) is 5.77. The second-order valence-corrected chi connectivity index (χ2v) is 6.45. The number of carbonyl (C=O) groups excluding carboxylic acids is 3. The monoisotopic (exact) mass is 371 g/mol. The lowest BCUT2D eigenvalue weighted by Gasteiger charge is -2.25. The molecule has 1 aromatic heterocycles. The Kier molecular flexibility index (Phi) is 6.73. The van der Waals surface area contributed by atoms with Gasteiger partial charge in [0.15, 0.2) is 0 Å². The lowest BCUT2D eigenvalue weighted by molar-refractivity contribution is -0.136. The topological polar surface area (TPSA) is 95.5 Å². The minimum absolute atomic E-state index is 0.0568. The Bertz CT molecular complexity index is 811. The third kappa shape index (κ3) is 5.68. The fraction of sp³-hybridized carbons (Fsp3) is 0.316. The van der Waals surface area contributed by atoms with Gasteiger partial charge >= 0.3 is 11.8 Å².